The smallest absolute Gasteiger partial charge is 0.407 e. The lowest BCUT2D eigenvalue weighted by Gasteiger charge is -2.29. The first-order valence-electron chi connectivity index (χ1n) is 16.9. The number of aliphatic imine (C=N–C) groups is 1. The van der Waals surface area contributed by atoms with E-state index in [1.54, 1.807) is 0 Å². The number of rotatable bonds is 11. The summed E-state index contributed by atoms with van der Waals surface area (Å²) in [6.45, 7) is 8.33. The lowest BCUT2D eigenvalue weighted by atomic mass is 9.77. The summed E-state index contributed by atoms with van der Waals surface area (Å²) in [5, 5.41) is 23.1. The minimum atomic E-state index is -0.561. The number of carbonyl (C=O) groups is 3. The van der Waals surface area contributed by atoms with E-state index in [1.165, 1.54) is 0 Å². The number of amides is 2. The third-order valence-corrected chi connectivity index (χ3v) is 9.02. The quantitative estimate of drug-likeness (QED) is 0.216. The van der Waals surface area contributed by atoms with Gasteiger partial charge in [-0.3, -0.25) is 9.59 Å². The Bertz CT molecular complexity index is 1760. The van der Waals surface area contributed by atoms with Crippen molar-refractivity contribution in [3.05, 3.63) is 89.0 Å². The number of benzene rings is 3. The Kier molecular flexibility index (Phi) is 11.3. The summed E-state index contributed by atoms with van der Waals surface area (Å²) in [5.74, 6) is 0.0688. The molecule has 2 N–H and O–H groups in total. The van der Waals surface area contributed by atoms with Gasteiger partial charge in [0.2, 0.25) is 5.91 Å². The predicted octanol–water partition coefficient (Wildman–Crippen LogP) is 7.79. The molecule has 1 aliphatic heterocycles. The minimum Gasteiger partial charge on any atom is -0.444 e. The molecule has 0 saturated heterocycles. The number of nitrogens with one attached hydrogen (secondary N) is 2. The highest BCUT2D eigenvalue weighted by Crippen LogP contribution is 2.32. The molecule has 10 heteroatoms. The maximum absolute atomic E-state index is 13.8. The Morgan fingerprint density at radius 2 is 1.65 bits per heavy atom. The van der Waals surface area contributed by atoms with Crippen LogP contribution in [0.1, 0.15) is 75.1 Å². The highest BCUT2D eigenvalue weighted by atomic mass is 16.6. The number of alkyl carbamates (subject to hydrolysis) is 1. The number of nitrogens with zero attached hydrogens (tertiary/aromatic N) is 4. The summed E-state index contributed by atoms with van der Waals surface area (Å²) in [6, 6.07) is 23.2. The van der Waals surface area contributed by atoms with Crippen LogP contribution in [-0.4, -0.2) is 42.4 Å². The van der Waals surface area contributed by atoms with Crippen LogP contribution in [0.25, 0.3) is 11.1 Å². The lowest BCUT2D eigenvalue weighted by Crippen LogP contribution is -2.37. The molecular weight excluding hydrogens is 616 g/mol. The number of amidine groups is 1. The second kappa shape index (κ2) is 15.8. The molecule has 254 valence electrons. The van der Waals surface area contributed by atoms with E-state index >= 15 is 0 Å². The molecule has 1 saturated carbocycles. The van der Waals surface area contributed by atoms with Crippen LogP contribution in [0, 0.1) is 36.0 Å². The van der Waals surface area contributed by atoms with Gasteiger partial charge in [0.1, 0.15) is 11.4 Å². The summed E-state index contributed by atoms with van der Waals surface area (Å²) < 4.78 is 5.35. The number of hydrogen-bond acceptors (Lipinski definition) is 8. The van der Waals surface area contributed by atoms with E-state index in [2.05, 4.69) is 31.9 Å². The van der Waals surface area contributed by atoms with Crippen molar-refractivity contribution in [2.24, 2.45) is 33.0 Å². The third kappa shape index (κ3) is 9.92. The number of aryl methyl sites for hydroxylation is 1. The molecule has 1 heterocycles. The Balaban J connectivity index is 1.24. The number of nitriles is 1. The van der Waals surface area contributed by atoms with Gasteiger partial charge in [-0.1, -0.05) is 30.3 Å². The van der Waals surface area contributed by atoms with Crippen molar-refractivity contribution >= 4 is 29.3 Å². The summed E-state index contributed by atoms with van der Waals surface area (Å²) in [4.78, 5) is 43.8. The van der Waals surface area contributed by atoms with E-state index in [9.17, 15) is 19.6 Å². The van der Waals surface area contributed by atoms with Crippen LogP contribution >= 0.6 is 0 Å². The van der Waals surface area contributed by atoms with Gasteiger partial charge in [-0.25, -0.2) is 9.79 Å². The first-order valence-corrected chi connectivity index (χ1v) is 16.9. The van der Waals surface area contributed by atoms with Gasteiger partial charge < -0.3 is 15.4 Å². The first-order chi connectivity index (χ1) is 23.5. The molecule has 1 aliphatic carbocycles. The molecule has 0 radical (unpaired) electrons. The SMILES string of the molecule is Cc1cc(C#N)ccc1-c1ccc(C[C@H](CC(=O)C2CCC(CNC(=O)OC(C)(C)C)CC2)C(=O)Nc2ccc(C3=NCN=N3)cc2)cc1. The molecule has 1 fully saturated rings. The Hall–Kier alpha value is -5.17. The Morgan fingerprint density at radius 1 is 0.959 bits per heavy atom. The fourth-order valence-corrected chi connectivity index (χ4v) is 6.38. The van der Waals surface area contributed by atoms with Crippen molar-refractivity contribution in [2.45, 2.75) is 71.8 Å². The number of Topliss-reactive ketones (excluding diaryl/α,β-unsaturated/α-hetero) is 1. The zero-order valence-electron chi connectivity index (χ0n) is 28.7. The number of azo groups is 1. The first kappa shape index (κ1) is 35.1. The van der Waals surface area contributed by atoms with Gasteiger partial charge in [0.05, 0.1) is 11.6 Å². The van der Waals surface area contributed by atoms with E-state index in [0.29, 0.717) is 36.7 Å². The van der Waals surface area contributed by atoms with Crippen molar-refractivity contribution in [1.82, 2.24) is 5.32 Å². The molecule has 3 aromatic carbocycles. The molecule has 2 aliphatic rings. The largest absolute Gasteiger partial charge is 0.444 e. The number of ether oxygens (including phenoxy) is 1. The molecule has 0 unspecified atom stereocenters. The molecule has 0 aromatic heterocycles. The van der Waals surface area contributed by atoms with Gasteiger partial charge in [-0.15, -0.1) is 5.11 Å². The molecule has 0 spiro atoms. The minimum absolute atomic E-state index is 0.100. The van der Waals surface area contributed by atoms with Gasteiger partial charge in [0.15, 0.2) is 12.5 Å². The average Bonchev–Trinajstić information content (AvgIpc) is 3.62. The number of hydrogen-bond donors (Lipinski definition) is 2. The predicted molar refractivity (Wildman–Crippen MR) is 189 cm³/mol. The van der Waals surface area contributed by atoms with Gasteiger partial charge in [0.25, 0.3) is 0 Å². The second-order valence-electron chi connectivity index (χ2n) is 13.9. The maximum Gasteiger partial charge on any atom is 0.407 e. The van der Waals surface area contributed by atoms with Crippen LogP contribution in [0.2, 0.25) is 0 Å². The highest BCUT2D eigenvalue weighted by Gasteiger charge is 2.31. The van der Waals surface area contributed by atoms with Crippen molar-refractivity contribution in [1.29, 1.82) is 5.26 Å². The van der Waals surface area contributed by atoms with E-state index < -0.39 is 17.6 Å². The second-order valence-corrected chi connectivity index (χ2v) is 13.9. The molecular formula is C39H44N6O4. The monoisotopic (exact) mass is 660 g/mol. The van der Waals surface area contributed by atoms with Crippen LogP contribution in [0.5, 0.6) is 0 Å². The topological polar surface area (TPSA) is 145 Å². The fraction of sp³-hybridized carbons (Fsp3) is 0.410. The molecule has 10 nitrogen and oxygen atoms in total. The van der Waals surface area contributed by atoms with Crippen molar-refractivity contribution in [2.75, 3.05) is 18.5 Å². The number of carbonyl (C=O) groups excluding carboxylic acids is 3. The molecule has 49 heavy (non-hydrogen) atoms. The highest BCUT2D eigenvalue weighted by molar-refractivity contribution is 6.01. The molecule has 0 bridgehead atoms. The lowest BCUT2D eigenvalue weighted by molar-refractivity contribution is -0.129. The van der Waals surface area contributed by atoms with Crippen molar-refractivity contribution < 1.29 is 19.1 Å². The van der Waals surface area contributed by atoms with E-state index in [-0.39, 0.29) is 29.9 Å². The van der Waals surface area contributed by atoms with Gasteiger partial charge in [-0.05, 0) is 124 Å². The molecule has 3 aromatic rings. The van der Waals surface area contributed by atoms with Crippen LogP contribution in [0.3, 0.4) is 0 Å². The van der Waals surface area contributed by atoms with Crippen LogP contribution < -0.4 is 10.6 Å². The molecule has 5 rings (SSSR count). The summed E-state index contributed by atoms with van der Waals surface area (Å²) >= 11 is 0. The fourth-order valence-electron chi connectivity index (χ4n) is 6.38. The zero-order chi connectivity index (χ0) is 35.0. The van der Waals surface area contributed by atoms with Crippen LogP contribution in [-0.2, 0) is 20.7 Å². The number of anilines is 1. The van der Waals surface area contributed by atoms with Gasteiger partial charge in [0, 0.05) is 36.1 Å². The summed E-state index contributed by atoms with van der Waals surface area (Å²) in [6.07, 6.45) is 3.25. The average molecular weight is 661 g/mol. The summed E-state index contributed by atoms with van der Waals surface area (Å²) in [7, 11) is 0. The van der Waals surface area contributed by atoms with Crippen molar-refractivity contribution in [3.8, 4) is 17.2 Å². The summed E-state index contributed by atoms with van der Waals surface area (Å²) in [5.41, 5.74) is 5.55. The van der Waals surface area contributed by atoms with E-state index in [1.807, 2.05) is 94.4 Å². The van der Waals surface area contributed by atoms with E-state index in [0.717, 1.165) is 53.5 Å². The third-order valence-electron chi connectivity index (χ3n) is 9.02. The van der Waals surface area contributed by atoms with E-state index in [4.69, 9.17) is 4.74 Å². The van der Waals surface area contributed by atoms with Crippen molar-refractivity contribution in [3.63, 3.8) is 0 Å². The number of ketones is 1. The Labute approximate surface area is 288 Å². The maximum atomic E-state index is 13.8. The van der Waals surface area contributed by atoms with Crippen LogP contribution in [0.15, 0.2) is 82.0 Å². The molecule has 1 atom stereocenters. The van der Waals surface area contributed by atoms with Crippen LogP contribution in [0.4, 0.5) is 10.5 Å². The van der Waals surface area contributed by atoms with Gasteiger partial charge >= 0.3 is 6.09 Å². The van der Waals surface area contributed by atoms with Gasteiger partial charge in [-0.2, -0.15) is 10.4 Å². The normalized spacial score (nSPS) is 17.8. The standard InChI is InChI=1S/C39H44N6O4/c1-25-19-28(22-40)9-18-34(25)29-10-5-26(6-11-29)20-32(37(47)44-33-16-14-31(15-17-33)36-42-24-43-45-36)21-35(46)30-12-7-27(8-13-30)23-41-38(48)49-39(2,3)4/h5-6,9-11,14-19,27,30,32H,7-8,12-13,20-21,23-24H2,1-4H3,(H,41,48)(H,44,47)/t27?,30?,32-/m1/s1. The zero-order valence-corrected chi connectivity index (χ0v) is 28.7. The molecule has 2 amide bonds. The Morgan fingerprint density at radius 3 is 2.27 bits per heavy atom.